The van der Waals surface area contributed by atoms with Gasteiger partial charge < -0.3 is 19.7 Å². The van der Waals surface area contributed by atoms with Gasteiger partial charge in [0.25, 0.3) is 0 Å². The highest BCUT2D eigenvalue weighted by molar-refractivity contribution is 5.68. The molecule has 0 spiro atoms. The summed E-state index contributed by atoms with van der Waals surface area (Å²) in [5.41, 5.74) is -0.230. The highest BCUT2D eigenvalue weighted by atomic mass is 16.6. The van der Waals surface area contributed by atoms with Crippen LogP contribution in [0.2, 0.25) is 0 Å². The van der Waals surface area contributed by atoms with Gasteiger partial charge in [-0.15, -0.1) is 0 Å². The number of methoxy groups -OCH3 is 1. The van der Waals surface area contributed by atoms with Crippen LogP contribution in [0.5, 0.6) is 5.88 Å². The number of likely N-dealkylation sites (tertiary alicyclic amines) is 1. The average molecular weight is 319 g/mol. The molecular formula is C15H21N5O3. The van der Waals surface area contributed by atoms with Crippen LogP contribution in [0.25, 0.3) is 0 Å². The van der Waals surface area contributed by atoms with Crippen LogP contribution in [-0.2, 0) is 4.74 Å². The molecule has 23 heavy (non-hydrogen) atoms. The second kappa shape index (κ2) is 6.69. The van der Waals surface area contributed by atoms with Gasteiger partial charge in [-0.2, -0.15) is 10.2 Å². The number of rotatable bonds is 3. The van der Waals surface area contributed by atoms with Gasteiger partial charge >= 0.3 is 6.09 Å². The Morgan fingerprint density at radius 2 is 2.26 bits per heavy atom. The summed E-state index contributed by atoms with van der Waals surface area (Å²) in [5.74, 6) is 0.601. The fraction of sp³-hybridized carbons (Fsp3) is 0.600. The van der Waals surface area contributed by atoms with Crippen LogP contribution < -0.4 is 10.1 Å². The number of amides is 1. The first-order valence-electron chi connectivity index (χ1n) is 7.38. The number of nitriles is 1. The Bertz CT molecular complexity index is 621. The Morgan fingerprint density at radius 3 is 2.87 bits per heavy atom. The van der Waals surface area contributed by atoms with E-state index < -0.39 is 5.60 Å². The first-order chi connectivity index (χ1) is 10.8. The van der Waals surface area contributed by atoms with Crippen LogP contribution in [0.4, 0.5) is 10.7 Å². The Morgan fingerprint density at radius 1 is 1.52 bits per heavy atom. The van der Waals surface area contributed by atoms with Crippen molar-refractivity contribution in [1.29, 1.82) is 5.26 Å². The molecule has 1 aromatic rings. The molecule has 124 valence electrons. The maximum atomic E-state index is 12.0. The summed E-state index contributed by atoms with van der Waals surface area (Å²) in [5, 5.41) is 12.1. The largest absolute Gasteiger partial charge is 0.480 e. The zero-order valence-electron chi connectivity index (χ0n) is 13.8. The maximum Gasteiger partial charge on any atom is 0.410 e. The Labute approximate surface area is 135 Å². The normalized spacial score (nSPS) is 17.5. The van der Waals surface area contributed by atoms with Crippen LogP contribution in [0, 0.1) is 11.3 Å². The van der Waals surface area contributed by atoms with Crippen molar-refractivity contribution in [2.24, 2.45) is 0 Å². The number of nitrogens with zero attached hydrogens (tertiary/aromatic N) is 4. The quantitative estimate of drug-likeness (QED) is 0.906. The molecule has 1 N–H and O–H groups in total. The van der Waals surface area contributed by atoms with E-state index in [0.717, 1.165) is 6.42 Å². The van der Waals surface area contributed by atoms with Gasteiger partial charge in [0.15, 0.2) is 0 Å². The van der Waals surface area contributed by atoms with Crippen molar-refractivity contribution in [3.8, 4) is 11.9 Å². The molecule has 0 bridgehead atoms. The summed E-state index contributed by atoms with van der Waals surface area (Å²) in [7, 11) is 1.45. The second-order valence-electron chi connectivity index (χ2n) is 6.28. The number of hydrogen-bond acceptors (Lipinski definition) is 7. The van der Waals surface area contributed by atoms with E-state index >= 15 is 0 Å². The van der Waals surface area contributed by atoms with Gasteiger partial charge in [0.1, 0.15) is 17.2 Å². The second-order valence-corrected chi connectivity index (χ2v) is 6.28. The van der Waals surface area contributed by atoms with Gasteiger partial charge in [-0.3, -0.25) is 0 Å². The lowest BCUT2D eigenvalue weighted by Gasteiger charge is -2.24. The van der Waals surface area contributed by atoms with Gasteiger partial charge in [-0.1, -0.05) is 0 Å². The standard InChI is InChI=1S/C15H21N5O3/c1-15(2,3)23-14(21)20-6-5-11(9-20)18-13-17-8-10(7-16)12(19-13)22-4/h8,11H,5-6,9H2,1-4H3,(H,17,18,19)/t11-/m1/s1. The first-order valence-corrected chi connectivity index (χ1v) is 7.38. The van der Waals surface area contributed by atoms with E-state index in [1.165, 1.54) is 13.3 Å². The SMILES string of the molecule is COc1nc(N[C@@H]2CCN(C(=O)OC(C)(C)C)C2)ncc1C#N. The van der Waals surface area contributed by atoms with Crippen molar-refractivity contribution >= 4 is 12.0 Å². The molecule has 2 rings (SSSR count). The van der Waals surface area contributed by atoms with Crippen molar-refractivity contribution in [2.45, 2.75) is 38.8 Å². The van der Waals surface area contributed by atoms with Crippen molar-refractivity contribution in [2.75, 3.05) is 25.5 Å². The van der Waals surface area contributed by atoms with Gasteiger partial charge in [-0.05, 0) is 27.2 Å². The lowest BCUT2D eigenvalue weighted by molar-refractivity contribution is 0.0293. The van der Waals surface area contributed by atoms with E-state index in [1.807, 2.05) is 26.8 Å². The molecule has 2 heterocycles. The van der Waals surface area contributed by atoms with Crippen LogP contribution in [0.3, 0.4) is 0 Å². The fourth-order valence-corrected chi connectivity index (χ4v) is 2.22. The lowest BCUT2D eigenvalue weighted by Crippen LogP contribution is -2.36. The predicted molar refractivity (Wildman–Crippen MR) is 83.1 cm³/mol. The Balaban J connectivity index is 1.96. The van der Waals surface area contributed by atoms with Gasteiger partial charge in [-0.25, -0.2) is 9.78 Å². The molecule has 0 radical (unpaired) electrons. The van der Waals surface area contributed by atoms with E-state index in [1.54, 1.807) is 4.90 Å². The number of anilines is 1. The molecular weight excluding hydrogens is 298 g/mol. The first kappa shape index (κ1) is 16.8. The molecule has 0 saturated carbocycles. The number of ether oxygens (including phenoxy) is 2. The molecule has 1 aromatic heterocycles. The minimum Gasteiger partial charge on any atom is -0.480 e. The highest BCUT2D eigenvalue weighted by Crippen LogP contribution is 2.19. The zero-order valence-corrected chi connectivity index (χ0v) is 13.8. The molecule has 1 fully saturated rings. The van der Waals surface area contributed by atoms with Gasteiger partial charge in [0, 0.05) is 19.1 Å². The topological polar surface area (TPSA) is 100 Å². The van der Waals surface area contributed by atoms with Crippen LogP contribution >= 0.6 is 0 Å². The Kier molecular flexibility index (Phi) is 4.89. The summed E-state index contributed by atoms with van der Waals surface area (Å²) in [6.07, 6.45) is 1.86. The molecule has 1 amide bonds. The molecule has 1 atom stereocenters. The van der Waals surface area contributed by atoms with Crippen molar-refractivity contribution in [1.82, 2.24) is 14.9 Å². The minimum atomic E-state index is -0.508. The number of nitrogens with one attached hydrogen (secondary N) is 1. The number of aromatic nitrogens is 2. The summed E-state index contributed by atoms with van der Waals surface area (Å²) < 4.78 is 10.4. The Hall–Kier alpha value is -2.56. The summed E-state index contributed by atoms with van der Waals surface area (Å²) in [6, 6.07) is 1.99. The van der Waals surface area contributed by atoms with E-state index in [2.05, 4.69) is 15.3 Å². The van der Waals surface area contributed by atoms with E-state index in [-0.39, 0.29) is 23.6 Å². The molecule has 0 aromatic carbocycles. The van der Waals surface area contributed by atoms with Gasteiger partial charge in [0.05, 0.1) is 13.3 Å². The van der Waals surface area contributed by atoms with E-state index in [9.17, 15) is 4.79 Å². The lowest BCUT2D eigenvalue weighted by atomic mass is 10.2. The minimum absolute atomic E-state index is 0.0279. The summed E-state index contributed by atoms with van der Waals surface area (Å²) >= 11 is 0. The third kappa shape index (κ3) is 4.45. The predicted octanol–water partition coefficient (Wildman–Crippen LogP) is 1.78. The van der Waals surface area contributed by atoms with Crippen LogP contribution in [0.1, 0.15) is 32.8 Å². The fourth-order valence-electron chi connectivity index (χ4n) is 2.22. The number of carbonyl (C=O) groups is 1. The zero-order chi connectivity index (χ0) is 17.0. The van der Waals surface area contributed by atoms with Gasteiger partial charge in [0.2, 0.25) is 11.8 Å². The van der Waals surface area contributed by atoms with Crippen molar-refractivity contribution in [3.63, 3.8) is 0 Å². The molecule has 0 unspecified atom stereocenters. The summed E-state index contributed by atoms with van der Waals surface area (Å²) in [4.78, 5) is 21.9. The maximum absolute atomic E-state index is 12.0. The van der Waals surface area contributed by atoms with Crippen molar-refractivity contribution in [3.05, 3.63) is 11.8 Å². The third-order valence-corrected chi connectivity index (χ3v) is 3.24. The molecule has 1 aliphatic heterocycles. The smallest absolute Gasteiger partial charge is 0.410 e. The number of carbonyl (C=O) groups excluding carboxylic acids is 1. The highest BCUT2D eigenvalue weighted by Gasteiger charge is 2.30. The molecule has 1 saturated heterocycles. The number of hydrogen-bond donors (Lipinski definition) is 1. The van der Waals surface area contributed by atoms with E-state index in [4.69, 9.17) is 14.7 Å². The van der Waals surface area contributed by atoms with E-state index in [0.29, 0.717) is 19.0 Å². The van der Waals surface area contributed by atoms with Crippen LogP contribution in [-0.4, -0.2) is 52.8 Å². The average Bonchev–Trinajstić information content (AvgIpc) is 2.94. The third-order valence-electron chi connectivity index (χ3n) is 3.24. The van der Waals surface area contributed by atoms with Crippen molar-refractivity contribution < 1.29 is 14.3 Å². The summed E-state index contributed by atoms with van der Waals surface area (Å²) in [6.45, 7) is 6.65. The molecule has 8 nitrogen and oxygen atoms in total. The molecule has 1 aliphatic rings. The monoisotopic (exact) mass is 319 g/mol. The molecule has 0 aliphatic carbocycles. The molecule has 8 heteroatoms. The van der Waals surface area contributed by atoms with Crippen LogP contribution in [0.15, 0.2) is 6.20 Å².